The normalized spacial score (nSPS) is 13.3. The fraction of sp³-hybridized carbons (Fsp3) is 0.355. The molecule has 2 aromatic heterocycles. The Bertz CT molecular complexity index is 1470. The summed E-state index contributed by atoms with van der Waals surface area (Å²) in [5.74, 6) is 0.262. The van der Waals surface area contributed by atoms with Gasteiger partial charge < -0.3 is 10.1 Å². The van der Waals surface area contributed by atoms with Gasteiger partial charge in [-0.3, -0.25) is 19.5 Å². The molecule has 2 heterocycles. The summed E-state index contributed by atoms with van der Waals surface area (Å²) >= 11 is 0. The Hall–Kier alpha value is -4.24. The van der Waals surface area contributed by atoms with Crippen LogP contribution in [-0.4, -0.2) is 43.8 Å². The number of ether oxygens (including phenoxy) is 1. The van der Waals surface area contributed by atoms with Crippen LogP contribution in [-0.2, 0) is 21.7 Å². The Kier molecular flexibility index (Phi) is 8.11. The van der Waals surface area contributed by atoms with Crippen LogP contribution in [0.15, 0.2) is 73.2 Å². The average molecular weight is 541 g/mol. The Morgan fingerprint density at radius 3 is 2.60 bits per heavy atom. The van der Waals surface area contributed by atoms with Crippen LogP contribution < -0.4 is 10.6 Å². The number of hydrogen-bond acceptors (Lipinski definition) is 5. The van der Waals surface area contributed by atoms with Crippen LogP contribution >= 0.6 is 0 Å². The zero-order valence-corrected chi connectivity index (χ0v) is 23.3. The second kappa shape index (κ2) is 11.9. The molecule has 0 unspecified atom stereocenters. The van der Waals surface area contributed by atoms with Gasteiger partial charge in [0, 0.05) is 48.3 Å². The summed E-state index contributed by atoms with van der Waals surface area (Å²) in [5.41, 5.74) is 3.41. The van der Waals surface area contributed by atoms with Crippen molar-refractivity contribution in [2.45, 2.75) is 64.6 Å². The van der Waals surface area contributed by atoms with Gasteiger partial charge in [0.15, 0.2) is 5.72 Å². The number of nitrogens with zero attached hydrogens (tertiary/aromatic N) is 4. The molecule has 0 saturated heterocycles. The number of imidazole rings is 1. The van der Waals surface area contributed by atoms with E-state index in [9.17, 15) is 9.59 Å². The lowest BCUT2D eigenvalue weighted by Gasteiger charge is -2.24. The summed E-state index contributed by atoms with van der Waals surface area (Å²) in [6.45, 7) is 6.45. The third kappa shape index (κ3) is 6.66. The number of nitrogens with one attached hydrogen (secondary N) is 2. The van der Waals surface area contributed by atoms with Crippen LogP contribution in [0.25, 0.3) is 16.8 Å². The van der Waals surface area contributed by atoms with Gasteiger partial charge in [-0.25, -0.2) is 9.67 Å². The van der Waals surface area contributed by atoms with Gasteiger partial charge in [0.1, 0.15) is 0 Å². The van der Waals surface area contributed by atoms with Gasteiger partial charge in [0.2, 0.25) is 11.9 Å². The summed E-state index contributed by atoms with van der Waals surface area (Å²) in [6, 6.07) is 17.6. The highest BCUT2D eigenvalue weighted by molar-refractivity contribution is 6.04. The Balaban J connectivity index is 1.32. The Morgan fingerprint density at radius 1 is 1.05 bits per heavy atom. The number of aromatic nitrogens is 4. The van der Waals surface area contributed by atoms with Gasteiger partial charge >= 0.3 is 0 Å². The number of para-hydroxylation sites is 1. The minimum absolute atomic E-state index is 0.0883. The predicted molar refractivity (Wildman–Crippen MR) is 154 cm³/mol. The van der Waals surface area contributed by atoms with Gasteiger partial charge in [-0.2, -0.15) is 5.10 Å². The fourth-order valence-electron chi connectivity index (χ4n) is 4.58. The highest BCUT2D eigenvalue weighted by Gasteiger charge is 2.23. The first-order chi connectivity index (χ1) is 19.3. The molecule has 0 bridgehead atoms. The molecule has 9 nitrogen and oxygen atoms in total. The van der Waals surface area contributed by atoms with E-state index in [0.717, 1.165) is 35.3 Å². The smallest absolute Gasteiger partial charge is 0.258 e. The molecular weight excluding hydrogens is 504 g/mol. The molecule has 40 heavy (non-hydrogen) atoms. The van der Waals surface area contributed by atoms with Crippen molar-refractivity contribution in [2.24, 2.45) is 0 Å². The van der Waals surface area contributed by atoms with Crippen molar-refractivity contribution in [1.82, 2.24) is 24.6 Å². The summed E-state index contributed by atoms with van der Waals surface area (Å²) < 4.78 is 9.46. The number of anilines is 1. The molecule has 1 aliphatic carbocycles. The number of carbonyl (C=O) groups excluding carboxylic acids is 2. The van der Waals surface area contributed by atoms with Crippen molar-refractivity contribution >= 4 is 17.8 Å². The molecule has 2 N–H and O–H groups in total. The van der Waals surface area contributed by atoms with Crippen molar-refractivity contribution in [2.75, 3.05) is 11.9 Å². The van der Waals surface area contributed by atoms with Crippen molar-refractivity contribution in [3.63, 3.8) is 0 Å². The number of carbonyl (C=O) groups is 2. The van der Waals surface area contributed by atoms with E-state index in [0.29, 0.717) is 43.4 Å². The predicted octanol–water partition coefficient (Wildman–Crippen LogP) is 5.32. The molecule has 1 saturated carbocycles. The minimum atomic E-state index is -0.574. The topological polar surface area (TPSA) is 103 Å². The van der Waals surface area contributed by atoms with Gasteiger partial charge in [-0.05, 0) is 76.3 Å². The van der Waals surface area contributed by atoms with Crippen LogP contribution in [0.5, 0.6) is 0 Å². The third-order valence-corrected chi connectivity index (χ3v) is 6.88. The largest absolute Gasteiger partial charge is 0.355 e. The van der Waals surface area contributed by atoms with Crippen molar-refractivity contribution in [3.8, 4) is 16.8 Å². The molecular formula is C31H36N6O3. The molecule has 1 aliphatic rings. The Labute approximate surface area is 234 Å². The second-order valence-electron chi connectivity index (χ2n) is 10.5. The van der Waals surface area contributed by atoms with E-state index < -0.39 is 5.72 Å². The van der Waals surface area contributed by atoms with Gasteiger partial charge in [0.05, 0.1) is 11.9 Å². The van der Waals surface area contributed by atoms with E-state index in [1.54, 1.807) is 16.9 Å². The molecule has 0 spiro atoms. The molecule has 2 aromatic carbocycles. The lowest BCUT2D eigenvalue weighted by atomic mass is 10.1. The van der Waals surface area contributed by atoms with Crippen molar-refractivity contribution in [1.29, 1.82) is 0 Å². The fourth-order valence-corrected chi connectivity index (χ4v) is 4.58. The van der Waals surface area contributed by atoms with Crippen LogP contribution in [0.2, 0.25) is 0 Å². The maximum atomic E-state index is 13.4. The van der Waals surface area contributed by atoms with Gasteiger partial charge in [-0.15, -0.1) is 0 Å². The SMILES string of the molecule is CCOC(C)(C)n1cc(-c2cccc(C(=O)Nc3nc(CCCC(=O)NC4CC4)cn3-c3ccccc3)c2)cn1. The van der Waals surface area contributed by atoms with Crippen LogP contribution in [0.4, 0.5) is 5.95 Å². The average Bonchev–Trinajstić information content (AvgIpc) is 3.44. The van der Waals surface area contributed by atoms with E-state index in [1.807, 2.05) is 86.3 Å². The van der Waals surface area contributed by atoms with Crippen LogP contribution in [0, 0.1) is 0 Å². The van der Waals surface area contributed by atoms with Gasteiger partial charge in [-0.1, -0.05) is 30.3 Å². The van der Waals surface area contributed by atoms with Crippen LogP contribution in [0.1, 0.15) is 62.5 Å². The maximum absolute atomic E-state index is 13.4. The third-order valence-electron chi connectivity index (χ3n) is 6.88. The quantitative estimate of drug-likeness (QED) is 0.253. The summed E-state index contributed by atoms with van der Waals surface area (Å²) in [5, 5.41) is 10.5. The standard InChI is InChI=1S/C31H36N6O3/c1-4-40-31(2,3)37-20-24(19-32-37)22-10-8-11-23(18-22)29(39)35-30-34-26(12-9-15-28(38)33-25-16-17-25)21-36(30)27-13-6-5-7-14-27/h5-8,10-11,13-14,18-21,25H,4,9,12,15-17H2,1-3H3,(H,33,38)(H,34,35,39). The Morgan fingerprint density at radius 2 is 1.85 bits per heavy atom. The molecule has 208 valence electrons. The molecule has 1 fully saturated rings. The monoisotopic (exact) mass is 540 g/mol. The number of rotatable bonds is 12. The number of benzene rings is 2. The lowest BCUT2D eigenvalue weighted by molar-refractivity contribution is -0.121. The van der Waals surface area contributed by atoms with E-state index in [1.165, 1.54) is 0 Å². The van der Waals surface area contributed by atoms with E-state index in [-0.39, 0.29) is 11.8 Å². The molecule has 0 atom stereocenters. The van der Waals surface area contributed by atoms with Gasteiger partial charge in [0.25, 0.3) is 5.91 Å². The van der Waals surface area contributed by atoms with Crippen LogP contribution in [0.3, 0.4) is 0 Å². The maximum Gasteiger partial charge on any atom is 0.258 e. The summed E-state index contributed by atoms with van der Waals surface area (Å²) in [7, 11) is 0. The summed E-state index contributed by atoms with van der Waals surface area (Å²) in [6.07, 6.45) is 9.56. The number of hydrogen-bond donors (Lipinski definition) is 2. The molecule has 0 aliphatic heterocycles. The molecule has 4 aromatic rings. The zero-order chi connectivity index (χ0) is 28.1. The summed E-state index contributed by atoms with van der Waals surface area (Å²) in [4.78, 5) is 30.2. The molecule has 5 rings (SSSR count). The highest BCUT2D eigenvalue weighted by Crippen LogP contribution is 2.25. The van der Waals surface area contributed by atoms with E-state index in [2.05, 4.69) is 15.7 Å². The van der Waals surface area contributed by atoms with Crippen molar-refractivity contribution < 1.29 is 14.3 Å². The second-order valence-corrected chi connectivity index (χ2v) is 10.5. The van der Waals surface area contributed by atoms with E-state index >= 15 is 0 Å². The molecule has 0 radical (unpaired) electrons. The first-order valence-corrected chi connectivity index (χ1v) is 13.9. The highest BCUT2D eigenvalue weighted by atomic mass is 16.5. The first kappa shape index (κ1) is 27.3. The molecule has 9 heteroatoms. The van der Waals surface area contributed by atoms with E-state index in [4.69, 9.17) is 9.72 Å². The van der Waals surface area contributed by atoms with Crippen molar-refractivity contribution in [3.05, 3.63) is 84.4 Å². The molecule has 2 amide bonds. The zero-order valence-electron chi connectivity index (χ0n) is 23.3. The lowest BCUT2D eigenvalue weighted by Crippen LogP contribution is -2.30. The first-order valence-electron chi connectivity index (χ1n) is 13.9. The number of aryl methyl sites for hydroxylation is 1. The minimum Gasteiger partial charge on any atom is -0.355 e. The number of amides is 2.